The molecule has 30 heavy (non-hydrogen) atoms. The maximum atomic E-state index is 15.1. The predicted octanol–water partition coefficient (Wildman–Crippen LogP) is 4.23. The number of H-pyrrole nitrogens is 1. The molecule has 0 spiro atoms. The Kier molecular flexibility index (Phi) is 5.05. The number of hydrogen-bond donors (Lipinski definition) is 1. The van der Waals surface area contributed by atoms with Gasteiger partial charge >= 0.3 is 0 Å². The lowest BCUT2D eigenvalue weighted by molar-refractivity contribution is -0.145. The lowest BCUT2D eigenvalue weighted by Gasteiger charge is -2.50. The molecule has 2 aliphatic rings. The van der Waals surface area contributed by atoms with E-state index in [4.69, 9.17) is 4.74 Å². The number of carbonyl (C=O) groups is 1. The van der Waals surface area contributed by atoms with E-state index in [1.54, 1.807) is 6.20 Å². The fourth-order valence-corrected chi connectivity index (χ4v) is 5.12. The van der Waals surface area contributed by atoms with Crippen molar-refractivity contribution in [2.75, 3.05) is 7.11 Å². The number of carbonyl (C=O) groups excluding carboxylic acids is 1. The average molecular weight is 410 g/mol. The Morgan fingerprint density at radius 1 is 1.40 bits per heavy atom. The zero-order valence-electron chi connectivity index (χ0n) is 17.8. The van der Waals surface area contributed by atoms with Gasteiger partial charge in [0.25, 0.3) is 0 Å². The molecule has 7 heteroatoms. The van der Waals surface area contributed by atoms with E-state index in [1.807, 2.05) is 25.7 Å². The number of pyridine rings is 1. The summed E-state index contributed by atoms with van der Waals surface area (Å²) in [6, 6.07) is 2.41. The number of halogens is 1. The summed E-state index contributed by atoms with van der Waals surface area (Å²) in [5.74, 6) is -0.521. The highest BCUT2D eigenvalue weighted by molar-refractivity contribution is 5.94. The minimum Gasteiger partial charge on any atom is -0.492 e. The Labute approximate surface area is 175 Å². The first-order valence-electron chi connectivity index (χ1n) is 10.4. The van der Waals surface area contributed by atoms with Gasteiger partial charge in [0.1, 0.15) is 5.65 Å². The molecule has 4 heterocycles. The molecule has 2 aromatic rings. The zero-order valence-corrected chi connectivity index (χ0v) is 17.8. The molecule has 0 radical (unpaired) electrons. The van der Waals surface area contributed by atoms with Crippen molar-refractivity contribution >= 4 is 16.9 Å². The van der Waals surface area contributed by atoms with E-state index in [-0.39, 0.29) is 29.7 Å². The number of amides is 1. The molecule has 0 saturated carbocycles. The number of aromatic nitrogens is 2. The number of hydrogen-bond acceptors (Lipinski definition) is 4. The van der Waals surface area contributed by atoms with Crippen LogP contribution in [0.1, 0.15) is 52.0 Å². The molecule has 158 valence electrons. The smallest absolute Gasteiger partial charge is 0.233 e. The fraction of sp³-hybridized carbons (Fsp3) is 0.522. The van der Waals surface area contributed by atoms with Gasteiger partial charge in [0.2, 0.25) is 5.91 Å². The van der Waals surface area contributed by atoms with Crippen LogP contribution in [0.5, 0.6) is 5.75 Å². The van der Waals surface area contributed by atoms with Crippen molar-refractivity contribution in [3.8, 4) is 11.8 Å². The number of nitrogens with zero attached hydrogens (tertiary/aromatic N) is 3. The van der Waals surface area contributed by atoms with Gasteiger partial charge < -0.3 is 14.6 Å². The number of methoxy groups -OCH3 is 1. The number of aromatic amines is 1. The Morgan fingerprint density at radius 2 is 2.07 bits per heavy atom. The van der Waals surface area contributed by atoms with Gasteiger partial charge in [-0.3, -0.25) is 4.79 Å². The molecule has 6 nitrogen and oxygen atoms in total. The second-order valence-electron chi connectivity index (χ2n) is 8.86. The predicted molar refractivity (Wildman–Crippen MR) is 111 cm³/mol. The Morgan fingerprint density at radius 3 is 2.63 bits per heavy atom. The van der Waals surface area contributed by atoms with Gasteiger partial charge in [-0.25, -0.2) is 9.37 Å². The first kappa shape index (κ1) is 20.4. The third kappa shape index (κ3) is 3.06. The van der Waals surface area contributed by atoms with Crippen LogP contribution in [0.4, 0.5) is 4.39 Å². The van der Waals surface area contributed by atoms with Gasteiger partial charge in [0, 0.05) is 18.3 Å². The second-order valence-corrected chi connectivity index (χ2v) is 8.86. The van der Waals surface area contributed by atoms with Crippen LogP contribution >= 0.6 is 0 Å². The molecule has 2 aromatic heterocycles. The number of ether oxygens (including phenoxy) is 1. The van der Waals surface area contributed by atoms with Gasteiger partial charge in [0.15, 0.2) is 11.6 Å². The van der Waals surface area contributed by atoms with Crippen LogP contribution in [0.15, 0.2) is 24.0 Å². The average Bonchev–Trinajstić information content (AvgIpc) is 3.18. The Bertz CT molecular complexity index is 1050. The topological polar surface area (TPSA) is 82.0 Å². The van der Waals surface area contributed by atoms with E-state index in [0.29, 0.717) is 29.4 Å². The lowest BCUT2D eigenvalue weighted by atomic mass is 9.74. The standard InChI is InChI=1S/C23H27FN4O2/c1-5-13-6-15-8-14(10-25)9-16(7-13)28(15)22(29)23(2,3)17-11-26-21-19(17)20(24)18(30-4)12-27-21/h5,11-12,14-16H,6-9H2,1-4H3,(H,26,27). The highest BCUT2D eigenvalue weighted by atomic mass is 19.1. The summed E-state index contributed by atoms with van der Waals surface area (Å²) < 4.78 is 20.2. The molecule has 1 N–H and O–H groups in total. The molecule has 2 unspecified atom stereocenters. The number of nitrogens with one attached hydrogen (secondary N) is 1. The maximum absolute atomic E-state index is 15.1. The van der Waals surface area contributed by atoms with E-state index >= 15 is 4.39 Å². The van der Waals surface area contributed by atoms with Gasteiger partial charge in [-0.1, -0.05) is 11.6 Å². The summed E-state index contributed by atoms with van der Waals surface area (Å²) in [7, 11) is 1.40. The molecule has 2 fully saturated rings. The Balaban J connectivity index is 1.74. The number of allylic oxidation sites excluding steroid dienone is 1. The van der Waals surface area contributed by atoms with Crippen LogP contribution in [-0.2, 0) is 10.2 Å². The largest absolute Gasteiger partial charge is 0.492 e. The minimum absolute atomic E-state index is 0.00263. The first-order valence-corrected chi connectivity index (χ1v) is 10.4. The summed E-state index contributed by atoms with van der Waals surface area (Å²) in [5, 5.41) is 9.76. The summed E-state index contributed by atoms with van der Waals surface area (Å²) >= 11 is 0. The van der Waals surface area contributed by atoms with Crippen molar-refractivity contribution in [2.45, 2.75) is 64.0 Å². The quantitative estimate of drug-likeness (QED) is 0.768. The summed E-state index contributed by atoms with van der Waals surface area (Å²) in [4.78, 5) is 23.1. The molecule has 1 amide bonds. The van der Waals surface area contributed by atoms with Crippen LogP contribution in [0.3, 0.4) is 0 Å². The van der Waals surface area contributed by atoms with Crippen molar-refractivity contribution in [1.82, 2.24) is 14.9 Å². The maximum Gasteiger partial charge on any atom is 0.233 e. The third-order valence-electron chi connectivity index (χ3n) is 6.75. The van der Waals surface area contributed by atoms with Crippen LogP contribution in [0.25, 0.3) is 11.0 Å². The third-order valence-corrected chi connectivity index (χ3v) is 6.75. The van der Waals surface area contributed by atoms with Gasteiger partial charge in [-0.15, -0.1) is 0 Å². The molecule has 0 aromatic carbocycles. The molecule has 2 atom stereocenters. The van der Waals surface area contributed by atoms with Gasteiger partial charge in [-0.2, -0.15) is 5.26 Å². The molecular weight excluding hydrogens is 383 g/mol. The van der Waals surface area contributed by atoms with Crippen LogP contribution < -0.4 is 4.74 Å². The number of piperidine rings is 2. The molecule has 2 saturated heterocycles. The van der Waals surface area contributed by atoms with Crippen molar-refractivity contribution in [3.05, 3.63) is 35.4 Å². The van der Waals surface area contributed by atoms with E-state index < -0.39 is 11.2 Å². The lowest BCUT2D eigenvalue weighted by Crippen LogP contribution is -2.59. The van der Waals surface area contributed by atoms with E-state index in [9.17, 15) is 10.1 Å². The second kappa shape index (κ2) is 7.42. The van der Waals surface area contributed by atoms with Gasteiger partial charge in [0.05, 0.1) is 36.1 Å². The van der Waals surface area contributed by atoms with Crippen molar-refractivity contribution in [2.24, 2.45) is 5.92 Å². The minimum atomic E-state index is -0.962. The highest BCUT2D eigenvalue weighted by Gasteiger charge is 2.47. The van der Waals surface area contributed by atoms with Crippen molar-refractivity contribution in [3.63, 3.8) is 0 Å². The van der Waals surface area contributed by atoms with Crippen molar-refractivity contribution in [1.29, 1.82) is 5.26 Å². The SMILES string of the molecule is CC=C1CC2CC(C#N)CC(C1)N2C(=O)C(C)(C)c1c[nH]c2ncc(OC)c(F)c12. The molecule has 4 rings (SSSR count). The van der Waals surface area contributed by atoms with E-state index in [1.165, 1.54) is 18.9 Å². The van der Waals surface area contributed by atoms with Crippen molar-refractivity contribution < 1.29 is 13.9 Å². The Hall–Kier alpha value is -2.88. The van der Waals surface area contributed by atoms with Crippen LogP contribution in [0.2, 0.25) is 0 Å². The monoisotopic (exact) mass is 410 g/mol. The normalized spacial score (nSPS) is 23.9. The molecule has 2 aliphatic heterocycles. The summed E-state index contributed by atoms with van der Waals surface area (Å²) in [6.45, 7) is 5.70. The number of nitriles is 1. The van der Waals surface area contributed by atoms with E-state index in [2.05, 4.69) is 22.1 Å². The van der Waals surface area contributed by atoms with E-state index in [0.717, 1.165) is 12.8 Å². The summed E-state index contributed by atoms with van der Waals surface area (Å²) in [5.41, 5.74) is 1.34. The van der Waals surface area contributed by atoms with Crippen LogP contribution in [0, 0.1) is 23.1 Å². The number of fused-ring (bicyclic) bond motifs is 3. The zero-order chi connectivity index (χ0) is 21.6. The fourth-order valence-electron chi connectivity index (χ4n) is 5.12. The summed E-state index contributed by atoms with van der Waals surface area (Å²) in [6.07, 6.45) is 8.10. The number of rotatable bonds is 3. The molecule has 2 bridgehead atoms. The van der Waals surface area contributed by atoms with Crippen LogP contribution in [-0.4, -0.2) is 40.0 Å². The molecular formula is C23H27FN4O2. The molecule has 0 aliphatic carbocycles. The van der Waals surface area contributed by atoms with Gasteiger partial charge in [-0.05, 0) is 52.0 Å². The highest BCUT2D eigenvalue weighted by Crippen LogP contribution is 2.43. The first-order chi connectivity index (χ1) is 14.3.